The molecule has 0 aliphatic carbocycles. The fourth-order valence-corrected chi connectivity index (χ4v) is 4.63. The van der Waals surface area contributed by atoms with E-state index in [0.29, 0.717) is 22.6 Å². The van der Waals surface area contributed by atoms with Crippen LogP contribution in [0, 0.1) is 19.8 Å². The van der Waals surface area contributed by atoms with Crippen LogP contribution >= 0.6 is 11.8 Å². The smallest absolute Gasteiger partial charge is 0.247 e. The molecule has 0 spiro atoms. The number of anilines is 1. The van der Waals surface area contributed by atoms with Crippen molar-refractivity contribution in [3.63, 3.8) is 0 Å². The van der Waals surface area contributed by atoms with Crippen molar-refractivity contribution in [2.75, 3.05) is 10.7 Å². The van der Waals surface area contributed by atoms with Crippen molar-refractivity contribution in [2.45, 2.75) is 52.4 Å². The van der Waals surface area contributed by atoms with Gasteiger partial charge in [-0.25, -0.2) is 0 Å². The Balaban J connectivity index is 1.84. The number of aryl methyl sites for hydroxylation is 2. The van der Waals surface area contributed by atoms with Crippen LogP contribution in [0.15, 0.2) is 47.6 Å². The molecule has 1 aliphatic heterocycles. The second-order valence-corrected chi connectivity index (χ2v) is 9.63. The van der Waals surface area contributed by atoms with Gasteiger partial charge < -0.3 is 4.74 Å². The largest absolute Gasteiger partial charge is 0.447 e. The molecule has 4 rings (SSSR count). The van der Waals surface area contributed by atoms with E-state index in [1.165, 1.54) is 0 Å². The lowest BCUT2D eigenvalue weighted by Crippen LogP contribution is -2.36. The van der Waals surface area contributed by atoms with Gasteiger partial charge in [-0.15, -0.1) is 10.2 Å². The highest BCUT2D eigenvalue weighted by atomic mass is 32.2. The van der Waals surface area contributed by atoms with E-state index in [1.54, 1.807) is 23.6 Å². The minimum atomic E-state index is -0.652. The Labute approximate surface area is 193 Å². The molecule has 3 aromatic rings. The molecular weight excluding hydrogens is 420 g/mol. The standard InChI is InChI=1S/C25H28N4O2S/c1-15(2)12-13-32-25-26-23-22(27-28-25)20-14-17(4)8-11-21(20)29(18(5)30)24(31-23)19-9-6-16(3)7-10-19/h6-11,14-15,24H,12-13H2,1-5H3/t24-/m0/s1. The number of amides is 1. The van der Waals surface area contributed by atoms with Gasteiger partial charge in [-0.2, -0.15) is 4.98 Å². The molecule has 0 saturated carbocycles. The van der Waals surface area contributed by atoms with Crippen LogP contribution in [0.2, 0.25) is 0 Å². The minimum Gasteiger partial charge on any atom is -0.447 e. The van der Waals surface area contributed by atoms with E-state index in [-0.39, 0.29) is 5.91 Å². The van der Waals surface area contributed by atoms with E-state index >= 15 is 0 Å². The fraction of sp³-hybridized carbons (Fsp3) is 0.360. The van der Waals surface area contributed by atoms with E-state index in [1.807, 2.05) is 56.3 Å². The van der Waals surface area contributed by atoms with Gasteiger partial charge in [0.05, 0.1) is 5.69 Å². The van der Waals surface area contributed by atoms with Crippen LogP contribution in [0.25, 0.3) is 11.3 Å². The summed E-state index contributed by atoms with van der Waals surface area (Å²) in [5.41, 5.74) is 5.16. The maximum Gasteiger partial charge on any atom is 0.247 e. The molecule has 0 saturated heterocycles. The second kappa shape index (κ2) is 9.28. The van der Waals surface area contributed by atoms with Gasteiger partial charge in [0, 0.05) is 23.8 Å². The molecule has 1 amide bonds. The predicted octanol–water partition coefficient (Wildman–Crippen LogP) is 5.74. The van der Waals surface area contributed by atoms with Crippen LogP contribution in [-0.2, 0) is 4.79 Å². The van der Waals surface area contributed by atoms with Gasteiger partial charge in [-0.1, -0.05) is 67.1 Å². The lowest BCUT2D eigenvalue weighted by atomic mass is 10.0. The van der Waals surface area contributed by atoms with Crippen LogP contribution in [0.4, 0.5) is 5.69 Å². The van der Waals surface area contributed by atoms with Gasteiger partial charge in [0.1, 0.15) is 0 Å². The fourth-order valence-electron chi connectivity index (χ4n) is 3.61. The van der Waals surface area contributed by atoms with Crippen LogP contribution in [0.5, 0.6) is 5.88 Å². The number of hydrogen-bond acceptors (Lipinski definition) is 6. The zero-order valence-corrected chi connectivity index (χ0v) is 19.9. The van der Waals surface area contributed by atoms with Crippen molar-refractivity contribution in [1.29, 1.82) is 0 Å². The summed E-state index contributed by atoms with van der Waals surface area (Å²) in [5.74, 6) is 1.80. The molecule has 0 bridgehead atoms. The number of fused-ring (bicyclic) bond motifs is 3. The Kier molecular flexibility index (Phi) is 6.46. The van der Waals surface area contributed by atoms with E-state index < -0.39 is 6.23 Å². The summed E-state index contributed by atoms with van der Waals surface area (Å²) in [6.45, 7) is 9.99. The molecule has 166 valence electrons. The molecule has 1 aromatic heterocycles. The van der Waals surface area contributed by atoms with E-state index in [9.17, 15) is 4.79 Å². The van der Waals surface area contributed by atoms with Crippen LogP contribution in [0.1, 0.15) is 50.1 Å². The Morgan fingerprint density at radius 3 is 2.50 bits per heavy atom. The lowest BCUT2D eigenvalue weighted by Gasteiger charge is -2.30. The number of carbonyl (C=O) groups excluding carboxylic acids is 1. The number of carbonyl (C=O) groups is 1. The van der Waals surface area contributed by atoms with Crippen molar-refractivity contribution >= 4 is 23.4 Å². The van der Waals surface area contributed by atoms with Crippen LogP contribution < -0.4 is 9.64 Å². The Morgan fingerprint density at radius 2 is 1.81 bits per heavy atom. The molecular formula is C25H28N4O2S. The Morgan fingerprint density at radius 1 is 1.09 bits per heavy atom. The first-order valence-corrected chi connectivity index (χ1v) is 11.8. The monoisotopic (exact) mass is 448 g/mol. The zero-order valence-electron chi connectivity index (χ0n) is 19.1. The lowest BCUT2D eigenvalue weighted by molar-refractivity contribution is -0.118. The summed E-state index contributed by atoms with van der Waals surface area (Å²) in [6, 6.07) is 14.0. The Bertz CT molecular complexity index is 1130. The van der Waals surface area contributed by atoms with Crippen molar-refractivity contribution in [2.24, 2.45) is 5.92 Å². The molecule has 0 fully saturated rings. The third-order valence-corrected chi connectivity index (χ3v) is 6.26. The summed E-state index contributed by atoms with van der Waals surface area (Å²) in [6.07, 6.45) is 0.416. The highest BCUT2D eigenvalue weighted by molar-refractivity contribution is 7.99. The van der Waals surface area contributed by atoms with Gasteiger partial charge in [0.2, 0.25) is 23.2 Å². The molecule has 0 N–H and O–H groups in total. The molecule has 0 radical (unpaired) electrons. The van der Waals surface area contributed by atoms with Crippen molar-refractivity contribution in [1.82, 2.24) is 15.2 Å². The first kappa shape index (κ1) is 22.3. The molecule has 2 heterocycles. The van der Waals surface area contributed by atoms with E-state index in [4.69, 9.17) is 9.72 Å². The first-order chi connectivity index (χ1) is 15.3. The van der Waals surface area contributed by atoms with Crippen molar-refractivity contribution in [3.05, 3.63) is 59.2 Å². The molecule has 6 nitrogen and oxygen atoms in total. The second-order valence-electron chi connectivity index (χ2n) is 8.57. The van der Waals surface area contributed by atoms with Gasteiger partial charge in [0.15, 0.2) is 5.69 Å². The average molecular weight is 449 g/mol. The Hall–Kier alpha value is -2.93. The highest BCUT2D eigenvalue weighted by Crippen LogP contribution is 2.43. The van der Waals surface area contributed by atoms with Gasteiger partial charge >= 0.3 is 0 Å². The van der Waals surface area contributed by atoms with Crippen LogP contribution in [-0.4, -0.2) is 26.8 Å². The topological polar surface area (TPSA) is 68.2 Å². The molecule has 32 heavy (non-hydrogen) atoms. The summed E-state index contributed by atoms with van der Waals surface area (Å²) in [7, 11) is 0. The van der Waals surface area contributed by atoms with Gasteiger partial charge in [-0.05, 0) is 38.3 Å². The third kappa shape index (κ3) is 4.63. The predicted molar refractivity (Wildman–Crippen MR) is 128 cm³/mol. The van der Waals surface area contributed by atoms with Gasteiger partial charge in [0.25, 0.3) is 0 Å². The van der Waals surface area contributed by atoms with Crippen LogP contribution in [0.3, 0.4) is 0 Å². The highest BCUT2D eigenvalue weighted by Gasteiger charge is 2.34. The van der Waals surface area contributed by atoms with Crippen molar-refractivity contribution in [3.8, 4) is 17.1 Å². The molecule has 7 heteroatoms. The first-order valence-electron chi connectivity index (χ1n) is 10.8. The number of benzene rings is 2. The van der Waals surface area contributed by atoms with E-state index in [2.05, 4.69) is 24.0 Å². The summed E-state index contributed by atoms with van der Waals surface area (Å²) < 4.78 is 6.43. The number of thioether (sulfide) groups is 1. The summed E-state index contributed by atoms with van der Waals surface area (Å²) in [5, 5.41) is 9.44. The zero-order chi connectivity index (χ0) is 22.8. The average Bonchev–Trinajstić information content (AvgIpc) is 2.88. The molecule has 1 atom stereocenters. The molecule has 0 unspecified atom stereocenters. The maximum atomic E-state index is 12.9. The quantitative estimate of drug-likeness (QED) is 0.464. The summed E-state index contributed by atoms with van der Waals surface area (Å²) >= 11 is 1.57. The number of nitrogens with zero attached hydrogens (tertiary/aromatic N) is 4. The third-order valence-electron chi connectivity index (χ3n) is 5.39. The number of hydrogen-bond donors (Lipinski definition) is 0. The maximum absolute atomic E-state index is 12.9. The molecule has 2 aromatic carbocycles. The number of rotatable bonds is 5. The number of aromatic nitrogens is 3. The minimum absolute atomic E-state index is 0.118. The van der Waals surface area contributed by atoms with Crippen molar-refractivity contribution < 1.29 is 9.53 Å². The normalized spacial score (nSPS) is 15.1. The van der Waals surface area contributed by atoms with Gasteiger partial charge in [-0.3, -0.25) is 9.69 Å². The SMILES string of the molecule is CC(=O)N1c2ccc(C)cc2-c2nnc(SCCC(C)C)nc2O[C@H]1c1ccc(C)cc1. The van der Waals surface area contributed by atoms with E-state index in [0.717, 1.165) is 40.1 Å². The summed E-state index contributed by atoms with van der Waals surface area (Å²) in [4.78, 5) is 19.2. The molecule has 1 aliphatic rings. The number of ether oxygens (including phenoxy) is 1.